The fourth-order valence-corrected chi connectivity index (χ4v) is 5.62. The van der Waals surface area contributed by atoms with Crippen molar-refractivity contribution < 1.29 is 13.2 Å². The van der Waals surface area contributed by atoms with Gasteiger partial charge in [0.15, 0.2) is 10.0 Å². The Labute approximate surface area is 191 Å². The molecule has 1 N–H and O–H groups in total. The van der Waals surface area contributed by atoms with E-state index in [0.29, 0.717) is 21.5 Å². The standard InChI is InChI=1S/C17H15Cl2N5O3S3/c1-2-7-30(26,27)16-20-8-12(19)13(21-16)14(25)22-15-23-24-17(29-15)28-9-10-5-3-4-6-11(10)18/h3-6,8H,2,7,9H2,1H3,(H,22,23,25). The summed E-state index contributed by atoms with van der Waals surface area (Å²) in [5.74, 6) is -0.231. The van der Waals surface area contributed by atoms with Crippen LogP contribution < -0.4 is 5.32 Å². The molecule has 2 aromatic heterocycles. The first-order chi connectivity index (χ1) is 14.3. The zero-order chi connectivity index (χ0) is 21.7. The van der Waals surface area contributed by atoms with Gasteiger partial charge in [0.25, 0.3) is 5.91 Å². The van der Waals surface area contributed by atoms with E-state index < -0.39 is 20.9 Å². The first kappa shape index (κ1) is 22.9. The molecule has 0 atom stereocenters. The van der Waals surface area contributed by atoms with Crippen LogP contribution in [0, 0.1) is 0 Å². The number of aromatic nitrogens is 4. The van der Waals surface area contributed by atoms with Crippen molar-refractivity contribution in [2.24, 2.45) is 0 Å². The molecule has 2 heterocycles. The summed E-state index contributed by atoms with van der Waals surface area (Å²) in [5, 5.41) is 10.9. The van der Waals surface area contributed by atoms with Gasteiger partial charge in [-0.3, -0.25) is 10.1 Å². The second-order valence-corrected chi connectivity index (χ2v) is 10.9. The summed E-state index contributed by atoms with van der Waals surface area (Å²) < 4.78 is 25.0. The van der Waals surface area contributed by atoms with Crippen molar-refractivity contribution in [1.29, 1.82) is 0 Å². The molecule has 0 aliphatic carbocycles. The summed E-state index contributed by atoms with van der Waals surface area (Å²) >= 11 is 14.7. The molecular formula is C17H15Cl2N5O3S3. The van der Waals surface area contributed by atoms with Crippen LogP contribution in [0.3, 0.4) is 0 Å². The maximum atomic E-state index is 12.5. The van der Waals surface area contributed by atoms with Crippen molar-refractivity contribution in [1.82, 2.24) is 20.2 Å². The normalized spacial score (nSPS) is 11.4. The van der Waals surface area contributed by atoms with E-state index in [1.165, 1.54) is 23.1 Å². The van der Waals surface area contributed by atoms with Gasteiger partial charge in [-0.15, -0.1) is 10.2 Å². The van der Waals surface area contributed by atoms with Crippen LogP contribution in [0.1, 0.15) is 29.4 Å². The summed E-state index contributed by atoms with van der Waals surface area (Å²) in [6, 6.07) is 7.48. The Hall–Kier alpha value is -1.79. The van der Waals surface area contributed by atoms with Crippen LogP contribution in [-0.4, -0.2) is 40.2 Å². The Morgan fingerprint density at radius 2 is 1.97 bits per heavy atom. The van der Waals surface area contributed by atoms with Gasteiger partial charge in [0.05, 0.1) is 17.0 Å². The van der Waals surface area contributed by atoms with Gasteiger partial charge in [0.1, 0.15) is 0 Å². The number of hydrogen-bond donors (Lipinski definition) is 1. The van der Waals surface area contributed by atoms with Crippen LogP contribution in [0.5, 0.6) is 0 Å². The Morgan fingerprint density at radius 3 is 2.70 bits per heavy atom. The summed E-state index contributed by atoms with van der Waals surface area (Å²) in [6.07, 6.45) is 1.49. The van der Waals surface area contributed by atoms with Gasteiger partial charge < -0.3 is 0 Å². The van der Waals surface area contributed by atoms with E-state index in [4.69, 9.17) is 23.2 Å². The molecule has 0 bridgehead atoms. The number of carbonyl (C=O) groups excluding carboxylic acids is 1. The number of benzene rings is 1. The number of hydrogen-bond acceptors (Lipinski definition) is 9. The molecule has 8 nitrogen and oxygen atoms in total. The van der Waals surface area contributed by atoms with Crippen LogP contribution in [0.25, 0.3) is 0 Å². The molecule has 30 heavy (non-hydrogen) atoms. The van der Waals surface area contributed by atoms with Gasteiger partial charge in [-0.25, -0.2) is 18.4 Å². The highest BCUT2D eigenvalue weighted by molar-refractivity contribution is 8.00. The van der Waals surface area contributed by atoms with Gasteiger partial charge in [0, 0.05) is 10.8 Å². The van der Waals surface area contributed by atoms with E-state index in [0.717, 1.165) is 11.8 Å². The van der Waals surface area contributed by atoms with Crippen molar-refractivity contribution in [3.8, 4) is 0 Å². The molecule has 0 aliphatic rings. The van der Waals surface area contributed by atoms with E-state index in [1.807, 2.05) is 24.3 Å². The van der Waals surface area contributed by atoms with E-state index >= 15 is 0 Å². The van der Waals surface area contributed by atoms with E-state index in [2.05, 4.69) is 25.5 Å². The fraction of sp³-hybridized carbons (Fsp3) is 0.235. The second kappa shape index (κ2) is 10.0. The van der Waals surface area contributed by atoms with Crippen molar-refractivity contribution in [3.63, 3.8) is 0 Å². The number of amides is 1. The van der Waals surface area contributed by atoms with Gasteiger partial charge in [-0.1, -0.05) is 71.4 Å². The predicted molar refractivity (Wildman–Crippen MR) is 118 cm³/mol. The van der Waals surface area contributed by atoms with Crippen molar-refractivity contribution in [2.75, 3.05) is 11.1 Å². The van der Waals surface area contributed by atoms with Crippen LogP contribution in [-0.2, 0) is 15.6 Å². The lowest BCUT2D eigenvalue weighted by Crippen LogP contribution is -2.18. The predicted octanol–water partition coefficient (Wildman–Crippen LogP) is 4.36. The number of nitrogens with zero attached hydrogens (tertiary/aromatic N) is 4. The van der Waals surface area contributed by atoms with Crippen LogP contribution in [0.4, 0.5) is 5.13 Å². The molecule has 0 unspecified atom stereocenters. The number of anilines is 1. The van der Waals surface area contributed by atoms with Crippen LogP contribution >= 0.6 is 46.3 Å². The first-order valence-electron chi connectivity index (χ1n) is 8.56. The molecule has 1 amide bonds. The molecule has 3 rings (SSSR count). The minimum atomic E-state index is -3.69. The number of carbonyl (C=O) groups is 1. The van der Waals surface area contributed by atoms with Gasteiger partial charge in [-0.05, 0) is 18.1 Å². The maximum absolute atomic E-state index is 12.5. The number of nitrogens with one attached hydrogen (secondary N) is 1. The highest BCUT2D eigenvalue weighted by atomic mass is 35.5. The number of halogens is 2. The minimum absolute atomic E-state index is 0.0687. The molecule has 0 radical (unpaired) electrons. The van der Waals surface area contributed by atoms with Crippen LogP contribution in [0.15, 0.2) is 40.0 Å². The summed E-state index contributed by atoms with van der Waals surface area (Å²) in [4.78, 5) is 20.1. The third-order valence-electron chi connectivity index (χ3n) is 3.62. The number of thioether (sulfide) groups is 1. The largest absolute Gasteiger partial charge is 0.295 e. The Kier molecular flexibility index (Phi) is 7.64. The smallest absolute Gasteiger partial charge is 0.277 e. The average molecular weight is 504 g/mol. The van der Waals surface area contributed by atoms with Gasteiger partial charge in [0.2, 0.25) is 20.1 Å². The highest BCUT2D eigenvalue weighted by Gasteiger charge is 2.22. The van der Waals surface area contributed by atoms with Gasteiger partial charge >= 0.3 is 0 Å². The zero-order valence-corrected chi connectivity index (χ0v) is 19.5. The molecule has 0 saturated carbocycles. The van der Waals surface area contributed by atoms with Gasteiger partial charge in [-0.2, -0.15) is 0 Å². The molecule has 0 saturated heterocycles. The lowest BCUT2D eigenvalue weighted by molar-refractivity contribution is 0.102. The first-order valence-corrected chi connectivity index (χ1v) is 12.8. The number of sulfone groups is 1. The summed E-state index contributed by atoms with van der Waals surface area (Å²) in [6.45, 7) is 1.72. The van der Waals surface area contributed by atoms with E-state index in [1.54, 1.807) is 6.92 Å². The van der Waals surface area contributed by atoms with Crippen LogP contribution in [0.2, 0.25) is 10.0 Å². The summed E-state index contributed by atoms with van der Waals surface area (Å²) in [7, 11) is -3.69. The van der Waals surface area contributed by atoms with Crippen molar-refractivity contribution in [2.45, 2.75) is 28.6 Å². The number of rotatable bonds is 8. The molecule has 3 aromatic rings. The molecule has 1 aromatic carbocycles. The Balaban J connectivity index is 1.70. The third-order valence-corrected chi connectivity index (χ3v) is 7.99. The van der Waals surface area contributed by atoms with Crippen molar-refractivity contribution >= 4 is 67.2 Å². The van der Waals surface area contributed by atoms with E-state index in [9.17, 15) is 13.2 Å². The molecule has 0 aliphatic heterocycles. The minimum Gasteiger partial charge on any atom is -0.295 e. The quantitative estimate of drug-likeness (QED) is 0.273. The topological polar surface area (TPSA) is 115 Å². The Bertz CT molecular complexity index is 1170. The second-order valence-electron chi connectivity index (χ2n) is 5.88. The molecule has 0 fully saturated rings. The lowest BCUT2D eigenvalue weighted by Gasteiger charge is -2.06. The summed E-state index contributed by atoms with van der Waals surface area (Å²) in [5.41, 5.74) is 0.709. The maximum Gasteiger partial charge on any atom is 0.277 e. The highest BCUT2D eigenvalue weighted by Crippen LogP contribution is 2.30. The molecular weight excluding hydrogens is 489 g/mol. The monoisotopic (exact) mass is 503 g/mol. The molecule has 0 spiro atoms. The average Bonchev–Trinajstić information content (AvgIpc) is 3.14. The SMILES string of the molecule is CCCS(=O)(=O)c1ncc(Cl)c(C(=O)Nc2nnc(SCc3ccccc3Cl)s2)n1. The zero-order valence-electron chi connectivity index (χ0n) is 15.5. The lowest BCUT2D eigenvalue weighted by atomic mass is 10.2. The molecule has 13 heteroatoms. The van der Waals surface area contributed by atoms with E-state index in [-0.39, 0.29) is 21.6 Å². The fourth-order valence-electron chi connectivity index (χ4n) is 2.25. The Morgan fingerprint density at radius 1 is 1.20 bits per heavy atom. The molecule has 158 valence electrons. The third kappa shape index (κ3) is 5.67. The van der Waals surface area contributed by atoms with Crippen molar-refractivity contribution in [3.05, 3.63) is 51.8 Å².